The van der Waals surface area contributed by atoms with E-state index in [-0.39, 0.29) is 24.1 Å². The lowest BCUT2D eigenvalue weighted by Gasteiger charge is -2.25. The number of nitrogens with one attached hydrogen (secondary N) is 1. The summed E-state index contributed by atoms with van der Waals surface area (Å²) in [6, 6.07) is 11.8. The van der Waals surface area contributed by atoms with E-state index in [9.17, 15) is 22.4 Å². The third-order valence-electron chi connectivity index (χ3n) is 5.12. The standard InChI is InChI=1S/C22H24F4N2O2/c23-20-14-17(22(24,25)26)7-6-16(20)15-28-18(8-9-21(28)29)10-11-27-12-13-30-19-4-2-1-3-5-19/h1-7,14,18,27H,8-13,15H2/t18-/m0/s1. The molecule has 0 spiro atoms. The Morgan fingerprint density at radius 2 is 1.87 bits per heavy atom. The quantitative estimate of drug-likeness (QED) is 0.480. The van der Waals surface area contributed by atoms with Gasteiger partial charge in [-0.3, -0.25) is 4.79 Å². The Morgan fingerprint density at radius 1 is 1.10 bits per heavy atom. The number of hydrogen-bond acceptors (Lipinski definition) is 3. The van der Waals surface area contributed by atoms with Crippen LogP contribution in [0.25, 0.3) is 0 Å². The molecule has 3 rings (SSSR count). The van der Waals surface area contributed by atoms with E-state index in [1.807, 2.05) is 30.3 Å². The molecule has 1 saturated heterocycles. The second-order valence-corrected chi connectivity index (χ2v) is 7.22. The summed E-state index contributed by atoms with van der Waals surface area (Å²) in [5, 5.41) is 3.26. The molecule has 2 aromatic rings. The van der Waals surface area contributed by atoms with Gasteiger partial charge in [-0.1, -0.05) is 24.3 Å². The summed E-state index contributed by atoms with van der Waals surface area (Å²) in [5.41, 5.74) is -0.942. The van der Waals surface area contributed by atoms with Gasteiger partial charge in [0.1, 0.15) is 18.2 Å². The van der Waals surface area contributed by atoms with Crippen LogP contribution in [0.4, 0.5) is 17.6 Å². The molecule has 0 unspecified atom stereocenters. The molecule has 0 aromatic heterocycles. The minimum Gasteiger partial charge on any atom is -0.492 e. The van der Waals surface area contributed by atoms with Crippen LogP contribution < -0.4 is 10.1 Å². The van der Waals surface area contributed by atoms with Gasteiger partial charge in [0.05, 0.1) is 5.56 Å². The Bertz CT molecular complexity index is 843. The lowest BCUT2D eigenvalue weighted by atomic mass is 10.1. The van der Waals surface area contributed by atoms with Crippen molar-refractivity contribution in [2.24, 2.45) is 0 Å². The highest BCUT2D eigenvalue weighted by Crippen LogP contribution is 2.31. The first-order valence-electron chi connectivity index (χ1n) is 9.88. The number of para-hydroxylation sites is 1. The third kappa shape index (κ3) is 5.95. The van der Waals surface area contributed by atoms with Gasteiger partial charge >= 0.3 is 6.18 Å². The lowest BCUT2D eigenvalue weighted by Crippen LogP contribution is -2.35. The minimum absolute atomic E-state index is 0.0232. The maximum Gasteiger partial charge on any atom is 0.416 e. The molecule has 2 aromatic carbocycles. The van der Waals surface area contributed by atoms with Crippen LogP contribution in [0.1, 0.15) is 30.4 Å². The number of likely N-dealkylation sites (tertiary alicyclic amines) is 1. The van der Waals surface area contributed by atoms with Gasteiger partial charge < -0.3 is 15.0 Å². The number of ether oxygens (including phenoxy) is 1. The number of alkyl halides is 3. The summed E-state index contributed by atoms with van der Waals surface area (Å²) in [6.45, 7) is 1.78. The molecule has 0 aliphatic carbocycles. The van der Waals surface area contributed by atoms with Crippen molar-refractivity contribution in [3.63, 3.8) is 0 Å². The Hall–Kier alpha value is -2.61. The minimum atomic E-state index is -4.60. The van der Waals surface area contributed by atoms with E-state index in [1.54, 1.807) is 4.90 Å². The van der Waals surface area contributed by atoms with Gasteiger partial charge in [-0.05, 0) is 43.7 Å². The molecule has 0 bridgehead atoms. The Kier molecular flexibility index (Phi) is 7.31. The summed E-state index contributed by atoms with van der Waals surface area (Å²) in [6.07, 6.45) is -2.89. The number of amides is 1. The summed E-state index contributed by atoms with van der Waals surface area (Å²) in [7, 11) is 0. The zero-order valence-electron chi connectivity index (χ0n) is 16.4. The van der Waals surface area contributed by atoms with E-state index in [4.69, 9.17) is 4.74 Å². The predicted octanol–water partition coefficient (Wildman–Crippen LogP) is 4.39. The van der Waals surface area contributed by atoms with E-state index in [0.29, 0.717) is 45.0 Å². The zero-order chi connectivity index (χ0) is 21.6. The van der Waals surface area contributed by atoms with Crippen LogP contribution in [0.15, 0.2) is 48.5 Å². The van der Waals surface area contributed by atoms with Crippen LogP contribution in [0.5, 0.6) is 5.75 Å². The average Bonchev–Trinajstić information content (AvgIpc) is 3.05. The molecule has 1 fully saturated rings. The van der Waals surface area contributed by atoms with Crippen molar-refractivity contribution < 1.29 is 27.1 Å². The lowest BCUT2D eigenvalue weighted by molar-refractivity contribution is -0.138. The number of carbonyl (C=O) groups is 1. The number of benzene rings is 2. The van der Waals surface area contributed by atoms with Crippen LogP contribution in [-0.4, -0.2) is 36.5 Å². The molecule has 1 heterocycles. The highest BCUT2D eigenvalue weighted by Gasteiger charge is 2.33. The molecule has 1 aliphatic heterocycles. The summed E-state index contributed by atoms with van der Waals surface area (Å²) < 4.78 is 57.9. The molecular weight excluding hydrogens is 400 g/mol. The van der Waals surface area contributed by atoms with Crippen LogP contribution in [-0.2, 0) is 17.5 Å². The second kappa shape index (κ2) is 9.93. The number of carbonyl (C=O) groups excluding carboxylic acids is 1. The Morgan fingerprint density at radius 3 is 2.57 bits per heavy atom. The SMILES string of the molecule is O=C1CC[C@@H](CCNCCOc2ccccc2)N1Cc1ccc(C(F)(F)F)cc1F. The molecule has 8 heteroatoms. The highest BCUT2D eigenvalue weighted by molar-refractivity contribution is 5.78. The van der Waals surface area contributed by atoms with Gasteiger partial charge in [0.2, 0.25) is 5.91 Å². The fourth-order valence-corrected chi connectivity index (χ4v) is 3.50. The molecule has 162 valence electrons. The largest absolute Gasteiger partial charge is 0.492 e. The fraction of sp³-hybridized carbons (Fsp3) is 0.409. The van der Waals surface area contributed by atoms with Crippen molar-refractivity contribution in [1.29, 1.82) is 0 Å². The van der Waals surface area contributed by atoms with Gasteiger partial charge in [-0.25, -0.2) is 4.39 Å². The molecule has 4 nitrogen and oxygen atoms in total. The van der Waals surface area contributed by atoms with E-state index < -0.39 is 17.6 Å². The van der Waals surface area contributed by atoms with Crippen molar-refractivity contribution in [2.45, 2.75) is 38.0 Å². The highest BCUT2D eigenvalue weighted by atomic mass is 19.4. The number of nitrogens with zero attached hydrogens (tertiary/aromatic N) is 1. The predicted molar refractivity (Wildman–Crippen MR) is 104 cm³/mol. The fourth-order valence-electron chi connectivity index (χ4n) is 3.50. The molecule has 1 aliphatic rings. The topological polar surface area (TPSA) is 41.6 Å². The maximum absolute atomic E-state index is 14.2. The summed E-state index contributed by atoms with van der Waals surface area (Å²) in [4.78, 5) is 13.8. The van der Waals surface area contributed by atoms with Crippen molar-refractivity contribution in [3.05, 3.63) is 65.5 Å². The van der Waals surface area contributed by atoms with E-state index in [1.165, 1.54) is 0 Å². The summed E-state index contributed by atoms with van der Waals surface area (Å²) in [5.74, 6) is -0.253. The van der Waals surface area contributed by atoms with E-state index in [0.717, 1.165) is 17.9 Å². The number of hydrogen-bond donors (Lipinski definition) is 1. The molecular formula is C22H24F4N2O2. The zero-order valence-corrected chi connectivity index (χ0v) is 16.4. The molecule has 1 atom stereocenters. The van der Waals surface area contributed by atoms with Crippen LogP contribution in [0.3, 0.4) is 0 Å². The molecule has 1 N–H and O–H groups in total. The molecule has 1 amide bonds. The van der Waals surface area contributed by atoms with E-state index in [2.05, 4.69) is 5.32 Å². The Labute approximate surface area is 172 Å². The molecule has 0 saturated carbocycles. The van der Waals surface area contributed by atoms with Gasteiger partial charge in [-0.15, -0.1) is 0 Å². The van der Waals surface area contributed by atoms with Crippen molar-refractivity contribution in [2.75, 3.05) is 19.7 Å². The number of halogens is 4. The smallest absolute Gasteiger partial charge is 0.416 e. The first-order chi connectivity index (χ1) is 14.3. The number of rotatable bonds is 9. The third-order valence-corrected chi connectivity index (χ3v) is 5.12. The van der Waals surface area contributed by atoms with Crippen LogP contribution in [0, 0.1) is 5.82 Å². The van der Waals surface area contributed by atoms with Crippen LogP contribution >= 0.6 is 0 Å². The molecule has 0 radical (unpaired) electrons. The first-order valence-corrected chi connectivity index (χ1v) is 9.88. The average molecular weight is 424 g/mol. The van der Waals surface area contributed by atoms with Gasteiger partial charge in [-0.2, -0.15) is 13.2 Å². The Balaban J connectivity index is 1.46. The van der Waals surface area contributed by atoms with Gasteiger partial charge in [0.25, 0.3) is 0 Å². The van der Waals surface area contributed by atoms with Crippen molar-refractivity contribution in [3.8, 4) is 5.75 Å². The maximum atomic E-state index is 14.2. The van der Waals surface area contributed by atoms with Crippen molar-refractivity contribution in [1.82, 2.24) is 10.2 Å². The van der Waals surface area contributed by atoms with Gasteiger partial charge in [0, 0.05) is 31.1 Å². The normalized spacial score (nSPS) is 16.9. The van der Waals surface area contributed by atoms with Crippen LogP contribution in [0.2, 0.25) is 0 Å². The monoisotopic (exact) mass is 424 g/mol. The van der Waals surface area contributed by atoms with E-state index >= 15 is 0 Å². The first kappa shape index (κ1) is 22.1. The van der Waals surface area contributed by atoms with Gasteiger partial charge in [0.15, 0.2) is 0 Å². The van der Waals surface area contributed by atoms with Crippen molar-refractivity contribution >= 4 is 5.91 Å². The molecule has 30 heavy (non-hydrogen) atoms. The summed E-state index contributed by atoms with van der Waals surface area (Å²) >= 11 is 0. The second-order valence-electron chi connectivity index (χ2n) is 7.22.